The Balaban J connectivity index is 2.04. The third kappa shape index (κ3) is 5.36. The van der Waals surface area contributed by atoms with Gasteiger partial charge in [-0.25, -0.2) is 0 Å². The van der Waals surface area contributed by atoms with Gasteiger partial charge in [0.1, 0.15) is 11.6 Å². The summed E-state index contributed by atoms with van der Waals surface area (Å²) in [5.74, 6) is 1.68. The lowest BCUT2D eigenvalue weighted by Crippen LogP contribution is -2.16. The fourth-order valence-corrected chi connectivity index (χ4v) is 3.26. The molecule has 1 amide bonds. The third-order valence-electron chi connectivity index (χ3n) is 3.55. The number of nitrogens with zero attached hydrogens (tertiary/aromatic N) is 3. The van der Waals surface area contributed by atoms with Gasteiger partial charge in [-0.2, -0.15) is 0 Å². The van der Waals surface area contributed by atoms with Crippen LogP contribution in [0.2, 0.25) is 5.02 Å². The summed E-state index contributed by atoms with van der Waals surface area (Å²) < 4.78 is 12.4. The van der Waals surface area contributed by atoms with Crippen molar-refractivity contribution in [3.63, 3.8) is 0 Å². The number of carbonyl (C=O) groups excluding carboxylic acids is 1. The van der Waals surface area contributed by atoms with E-state index in [1.54, 1.807) is 32.4 Å². The fraction of sp³-hybridized carbons (Fsp3) is 0.471. The SMILES string of the molecule is COCCn1c(SCC(=O)Nc2cc(Cl)ccc2OC)nnc1C(C)C. The molecule has 142 valence electrons. The highest BCUT2D eigenvalue weighted by Gasteiger charge is 2.17. The zero-order valence-electron chi connectivity index (χ0n) is 15.3. The van der Waals surface area contributed by atoms with Crippen molar-refractivity contribution in [1.29, 1.82) is 0 Å². The number of hydrogen-bond acceptors (Lipinski definition) is 6. The molecule has 26 heavy (non-hydrogen) atoms. The van der Waals surface area contributed by atoms with Gasteiger partial charge in [-0.05, 0) is 18.2 Å². The number of carbonyl (C=O) groups is 1. The van der Waals surface area contributed by atoms with Gasteiger partial charge in [0.15, 0.2) is 5.16 Å². The van der Waals surface area contributed by atoms with Crippen molar-refractivity contribution in [2.24, 2.45) is 0 Å². The molecule has 0 saturated carbocycles. The normalized spacial score (nSPS) is 11.0. The highest BCUT2D eigenvalue weighted by molar-refractivity contribution is 7.99. The number of anilines is 1. The summed E-state index contributed by atoms with van der Waals surface area (Å²) in [5, 5.41) is 12.5. The Morgan fingerprint density at radius 3 is 2.77 bits per heavy atom. The topological polar surface area (TPSA) is 78.3 Å². The molecule has 0 saturated heterocycles. The lowest BCUT2D eigenvalue weighted by Gasteiger charge is -2.12. The van der Waals surface area contributed by atoms with Crippen LogP contribution in [0.4, 0.5) is 5.69 Å². The molecule has 0 atom stereocenters. The molecule has 0 unspecified atom stereocenters. The number of thioether (sulfide) groups is 1. The number of amides is 1. The van der Waals surface area contributed by atoms with Gasteiger partial charge in [-0.3, -0.25) is 4.79 Å². The Hall–Kier alpha value is -1.77. The molecule has 0 aliphatic rings. The summed E-state index contributed by atoms with van der Waals surface area (Å²) in [6.45, 7) is 5.31. The Labute approximate surface area is 162 Å². The van der Waals surface area contributed by atoms with Crippen molar-refractivity contribution >= 4 is 35.0 Å². The minimum atomic E-state index is -0.178. The summed E-state index contributed by atoms with van der Waals surface area (Å²) in [7, 11) is 3.19. The van der Waals surface area contributed by atoms with Crippen LogP contribution in [0.15, 0.2) is 23.4 Å². The predicted molar refractivity (Wildman–Crippen MR) is 103 cm³/mol. The molecule has 0 aliphatic carbocycles. The van der Waals surface area contributed by atoms with E-state index < -0.39 is 0 Å². The van der Waals surface area contributed by atoms with Crippen LogP contribution in [0, 0.1) is 0 Å². The second-order valence-corrected chi connectivity index (χ2v) is 7.20. The van der Waals surface area contributed by atoms with E-state index in [1.807, 2.05) is 4.57 Å². The van der Waals surface area contributed by atoms with E-state index in [2.05, 4.69) is 29.4 Å². The Morgan fingerprint density at radius 1 is 1.35 bits per heavy atom. The lowest BCUT2D eigenvalue weighted by molar-refractivity contribution is -0.113. The van der Waals surface area contributed by atoms with Crippen LogP contribution in [0.1, 0.15) is 25.6 Å². The molecule has 0 fully saturated rings. The number of rotatable bonds is 9. The van der Waals surface area contributed by atoms with Gasteiger partial charge in [0, 0.05) is 24.6 Å². The van der Waals surface area contributed by atoms with E-state index in [9.17, 15) is 4.79 Å². The van der Waals surface area contributed by atoms with E-state index in [4.69, 9.17) is 21.1 Å². The van der Waals surface area contributed by atoms with Gasteiger partial charge in [0.05, 0.1) is 25.2 Å². The number of hydrogen-bond donors (Lipinski definition) is 1. The average Bonchev–Trinajstić information content (AvgIpc) is 3.01. The molecule has 1 aromatic heterocycles. The second-order valence-electron chi connectivity index (χ2n) is 5.82. The van der Waals surface area contributed by atoms with Crippen LogP contribution in [-0.2, 0) is 16.1 Å². The molecule has 2 rings (SSSR count). The van der Waals surface area contributed by atoms with Crippen molar-refractivity contribution in [2.75, 3.05) is 31.9 Å². The van der Waals surface area contributed by atoms with E-state index in [0.29, 0.717) is 34.8 Å². The van der Waals surface area contributed by atoms with Gasteiger partial charge in [0.25, 0.3) is 0 Å². The quantitative estimate of drug-likeness (QED) is 0.652. The van der Waals surface area contributed by atoms with Gasteiger partial charge in [-0.15, -0.1) is 10.2 Å². The number of ether oxygens (including phenoxy) is 2. The van der Waals surface area contributed by atoms with Crippen LogP contribution in [-0.4, -0.2) is 47.3 Å². The molecule has 1 heterocycles. The van der Waals surface area contributed by atoms with Crippen LogP contribution < -0.4 is 10.1 Å². The largest absolute Gasteiger partial charge is 0.495 e. The molecule has 2 aromatic rings. The van der Waals surface area contributed by atoms with Crippen LogP contribution in [0.3, 0.4) is 0 Å². The summed E-state index contributed by atoms with van der Waals surface area (Å²) in [5.41, 5.74) is 0.536. The number of nitrogens with one attached hydrogen (secondary N) is 1. The molecule has 0 aliphatic heterocycles. The predicted octanol–water partition coefficient (Wildman–Crippen LogP) is 3.44. The fourth-order valence-electron chi connectivity index (χ4n) is 2.32. The first kappa shape index (κ1) is 20.5. The molecule has 0 radical (unpaired) electrons. The Kier molecular flexibility index (Phi) is 7.74. The van der Waals surface area contributed by atoms with Crippen molar-refractivity contribution in [3.05, 3.63) is 29.0 Å². The first-order chi connectivity index (χ1) is 12.5. The molecule has 1 aromatic carbocycles. The van der Waals surface area contributed by atoms with Crippen LogP contribution >= 0.6 is 23.4 Å². The Bertz CT molecular complexity index is 752. The van der Waals surface area contributed by atoms with Crippen molar-refractivity contribution in [1.82, 2.24) is 14.8 Å². The smallest absolute Gasteiger partial charge is 0.234 e. The van der Waals surface area contributed by atoms with E-state index in [1.165, 1.54) is 11.8 Å². The first-order valence-corrected chi connectivity index (χ1v) is 9.50. The minimum absolute atomic E-state index is 0.178. The molecule has 0 spiro atoms. The highest BCUT2D eigenvalue weighted by Crippen LogP contribution is 2.28. The molecule has 9 heteroatoms. The number of halogens is 1. The van der Waals surface area contributed by atoms with Crippen molar-refractivity contribution in [3.8, 4) is 5.75 Å². The first-order valence-electron chi connectivity index (χ1n) is 8.14. The van der Waals surface area contributed by atoms with Crippen LogP contribution in [0.25, 0.3) is 0 Å². The van der Waals surface area contributed by atoms with Gasteiger partial charge in [0.2, 0.25) is 5.91 Å². The monoisotopic (exact) mass is 398 g/mol. The summed E-state index contributed by atoms with van der Waals surface area (Å²) in [6.07, 6.45) is 0. The molecule has 1 N–H and O–H groups in total. The molecular weight excluding hydrogens is 376 g/mol. The summed E-state index contributed by atoms with van der Waals surface area (Å²) in [6, 6.07) is 5.07. The van der Waals surface area contributed by atoms with Crippen molar-refractivity contribution < 1.29 is 14.3 Å². The maximum atomic E-state index is 12.3. The lowest BCUT2D eigenvalue weighted by atomic mass is 10.2. The van der Waals surface area contributed by atoms with Gasteiger partial charge >= 0.3 is 0 Å². The average molecular weight is 399 g/mol. The van der Waals surface area contributed by atoms with Crippen molar-refractivity contribution in [2.45, 2.75) is 31.5 Å². The number of aromatic nitrogens is 3. The maximum absolute atomic E-state index is 12.3. The molecule has 0 bridgehead atoms. The standard InChI is InChI=1S/C17H23ClN4O3S/c1-11(2)16-20-21-17(22(16)7-8-24-3)26-10-15(23)19-13-9-12(18)5-6-14(13)25-4/h5-6,9,11H,7-8,10H2,1-4H3,(H,19,23). The maximum Gasteiger partial charge on any atom is 0.234 e. The van der Waals surface area contributed by atoms with E-state index in [-0.39, 0.29) is 17.6 Å². The third-order valence-corrected chi connectivity index (χ3v) is 4.75. The Morgan fingerprint density at radius 2 is 2.12 bits per heavy atom. The molecule has 7 nitrogen and oxygen atoms in total. The highest BCUT2D eigenvalue weighted by atomic mass is 35.5. The number of methoxy groups -OCH3 is 2. The summed E-state index contributed by atoms with van der Waals surface area (Å²) in [4.78, 5) is 12.3. The summed E-state index contributed by atoms with van der Waals surface area (Å²) >= 11 is 7.32. The van der Waals surface area contributed by atoms with E-state index >= 15 is 0 Å². The van der Waals surface area contributed by atoms with E-state index in [0.717, 1.165) is 5.82 Å². The minimum Gasteiger partial charge on any atom is -0.495 e. The zero-order chi connectivity index (χ0) is 19.1. The number of benzene rings is 1. The zero-order valence-corrected chi connectivity index (χ0v) is 16.9. The van der Waals surface area contributed by atoms with Crippen LogP contribution in [0.5, 0.6) is 5.75 Å². The molecular formula is C17H23ClN4O3S. The second kappa shape index (κ2) is 9.80. The van der Waals surface area contributed by atoms with Gasteiger partial charge < -0.3 is 19.4 Å². The van der Waals surface area contributed by atoms with Gasteiger partial charge in [-0.1, -0.05) is 37.2 Å².